The van der Waals surface area contributed by atoms with Crippen molar-refractivity contribution < 1.29 is 9.47 Å². The lowest BCUT2D eigenvalue weighted by atomic mass is 9.98. The Labute approximate surface area is 94.9 Å². The molecule has 2 N–H and O–H groups in total. The van der Waals surface area contributed by atoms with Crippen molar-refractivity contribution in [1.29, 1.82) is 0 Å². The largest absolute Gasteiger partial charge is 0.496 e. The first-order valence-corrected chi connectivity index (χ1v) is 5.55. The van der Waals surface area contributed by atoms with Crippen LogP contribution in [-0.2, 0) is 26.2 Å². The first kappa shape index (κ1) is 9.93. The van der Waals surface area contributed by atoms with Gasteiger partial charge in [0.15, 0.2) is 0 Å². The minimum absolute atomic E-state index is 0.877. The van der Waals surface area contributed by atoms with Crippen LogP contribution in [0.4, 0.5) is 0 Å². The summed E-state index contributed by atoms with van der Waals surface area (Å²) in [5, 5.41) is 6.72. The second kappa shape index (κ2) is 3.64. The lowest BCUT2D eigenvalue weighted by Gasteiger charge is -2.16. The maximum Gasteiger partial charge on any atom is 0.128 e. The number of methoxy groups -OCH3 is 2. The zero-order valence-corrected chi connectivity index (χ0v) is 9.64. The molecule has 16 heavy (non-hydrogen) atoms. The molecule has 2 heterocycles. The molecule has 0 bridgehead atoms. The molecular formula is C12H16N2O2. The number of fused-ring (bicyclic) bond motifs is 2. The number of ether oxygens (including phenoxy) is 2. The fourth-order valence-corrected chi connectivity index (χ4v) is 2.78. The van der Waals surface area contributed by atoms with Crippen molar-refractivity contribution in [3.63, 3.8) is 0 Å². The molecule has 4 nitrogen and oxygen atoms in total. The summed E-state index contributed by atoms with van der Waals surface area (Å²) in [7, 11) is 3.50. The minimum Gasteiger partial charge on any atom is -0.496 e. The van der Waals surface area contributed by atoms with Gasteiger partial charge < -0.3 is 20.1 Å². The minimum atomic E-state index is 0.877. The summed E-state index contributed by atoms with van der Waals surface area (Å²) in [6.07, 6.45) is 0. The van der Waals surface area contributed by atoms with Crippen molar-refractivity contribution in [2.75, 3.05) is 14.2 Å². The first-order valence-electron chi connectivity index (χ1n) is 5.55. The average Bonchev–Trinajstić information content (AvgIpc) is 2.93. The van der Waals surface area contributed by atoms with E-state index in [-0.39, 0.29) is 0 Å². The van der Waals surface area contributed by atoms with Gasteiger partial charge in [-0.25, -0.2) is 0 Å². The van der Waals surface area contributed by atoms with Crippen LogP contribution in [0.2, 0.25) is 0 Å². The molecule has 3 rings (SSSR count). The Kier molecular flexibility index (Phi) is 2.26. The van der Waals surface area contributed by atoms with Gasteiger partial charge in [-0.3, -0.25) is 0 Å². The van der Waals surface area contributed by atoms with E-state index in [1.807, 2.05) is 0 Å². The molecule has 86 valence electrons. The van der Waals surface area contributed by atoms with Crippen molar-refractivity contribution in [1.82, 2.24) is 10.6 Å². The number of benzene rings is 1. The van der Waals surface area contributed by atoms with Crippen molar-refractivity contribution in [3.8, 4) is 11.5 Å². The molecule has 0 aliphatic carbocycles. The van der Waals surface area contributed by atoms with Gasteiger partial charge in [-0.05, 0) is 0 Å². The van der Waals surface area contributed by atoms with Crippen molar-refractivity contribution in [2.24, 2.45) is 0 Å². The normalized spacial score (nSPS) is 17.1. The zero-order chi connectivity index (χ0) is 11.1. The van der Waals surface area contributed by atoms with Gasteiger partial charge in [-0.15, -0.1) is 0 Å². The van der Waals surface area contributed by atoms with E-state index >= 15 is 0 Å². The second-order valence-corrected chi connectivity index (χ2v) is 4.19. The van der Waals surface area contributed by atoms with Gasteiger partial charge in [-0.1, -0.05) is 0 Å². The molecule has 0 unspecified atom stereocenters. The predicted octanol–water partition coefficient (Wildman–Crippen LogP) is 0.910. The van der Waals surface area contributed by atoms with Crippen LogP contribution < -0.4 is 20.1 Å². The van der Waals surface area contributed by atoms with E-state index < -0.39 is 0 Å². The van der Waals surface area contributed by atoms with Gasteiger partial charge in [0.05, 0.1) is 14.2 Å². The van der Waals surface area contributed by atoms with Gasteiger partial charge in [0.25, 0.3) is 0 Å². The molecule has 0 radical (unpaired) electrons. The molecule has 0 saturated heterocycles. The van der Waals surface area contributed by atoms with Crippen molar-refractivity contribution in [2.45, 2.75) is 26.2 Å². The standard InChI is InChI=1S/C12H16N2O2/c1-15-11-7-3-13-5-9(7)12(16-2)10-6-14-4-8(10)11/h13-14H,3-6H2,1-2H3. The number of hydrogen-bond acceptors (Lipinski definition) is 4. The molecule has 4 heteroatoms. The molecule has 0 saturated carbocycles. The maximum atomic E-state index is 5.56. The highest BCUT2D eigenvalue weighted by molar-refractivity contribution is 5.61. The maximum absolute atomic E-state index is 5.56. The summed E-state index contributed by atoms with van der Waals surface area (Å²) in [5.74, 6) is 2.08. The van der Waals surface area contributed by atoms with E-state index in [4.69, 9.17) is 9.47 Å². The predicted molar refractivity (Wildman–Crippen MR) is 60.6 cm³/mol. The SMILES string of the molecule is COc1c2c(c(OC)c3c1CNC3)CNC2. The van der Waals surface area contributed by atoms with Gasteiger partial charge in [-0.2, -0.15) is 0 Å². The molecule has 2 aliphatic rings. The Hall–Kier alpha value is -1.26. The monoisotopic (exact) mass is 220 g/mol. The quantitative estimate of drug-likeness (QED) is 0.777. The van der Waals surface area contributed by atoms with Crippen molar-refractivity contribution in [3.05, 3.63) is 22.3 Å². The highest BCUT2D eigenvalue weighted by atomic mass is 16.5. The Morgan fingerprint density at radius 3 is 1.25 bits per heavy atom. The zero-order valence-electron chi connectivity index (χ0n) is 9.64. The molecule has 2 aliphatic heterocycles. The van der Waals surface area contributed by atoms with Crippen LogP contribution in [-0.4, -0.2) is 14.2 Å². The summed E-state index contributed by atoms with van der Waals surface area (Å²) < 4.78 is 11.1. The number of nitrogens with one attached hydrogen (secondary N) is 2. The Balaban J connectivity index is 2.29. The Morgan fingerprint density at radius 1 is 0.688 bits per heavy atom. The summed E-state index contributed by atoms with van der Waals surface area (Å²) in [5.41, 5.74) is 5.06. The van der Waals surface area contributed by atoms with E-state index in [2.05, 4.69) is 10.6 Å². The fourth-order valence-electron chi connectivity index (χ4n) is 2.78. The molecule has 1 aromatic carbocycles. The smallest absolute Gasteiger partial charge is 0.128 e. The third kappa shape index (κ3) is 1.17. The summed E-state index contributed by atoms with van der Waals surface area (Å²) in [6.45, 7) is 3.51. The van der Waals surface area contributed by atoms with Crippen LogP contribution in [0.1, 0.15) is 22.3 Å². The Bertz CT molecular complexity index is 369. The van der Waals surface area contributed by atoms with Crippen LogP contribution in [0.5, 0.6) is 11.5 Å². The fraction of sp³-hybridized carbons (Fsp3) is 0.500. The van der Waals surface area contributed by atoms with Gasteiger partial charge in [0.1, 0.15) is 11.5 Å². The lowest BCUT2D eigenvalue weighted by Crippen LogP contribution is -2.03. The van der Waals surface area contributed by atoms with Crippen LogP contribution in [0.15, 0.2) is 0 Å². The van der Waals surface area contributed by atoms with E-state index in [1.165, 1.54) is 22.3 Å². The molecule has 0 atom stereocenters. The molecule has 0 fully saturated rings. The van der Waals surface area contributed by atoms with E-state index in [1.54, 1.807) is 14.2 Å². The van der Waals surface area contributed by atoms with E-state index in [0.717, 1.165) is 37.7 Å². The van der Waals surface area contributed by atoms with Crippen LogP contribution in [0.25, 0.3) is 0 Å². The average molecular weight is 220 g/mol. The summed E-state index contributed by atoms with van der Waals surface area (Å²) in [6, 6.07) is 0. The van der Waals surface area contributed by atoms with Crippen LogP contribution in [0, 0.1) is 0 Å². The molecule has 0 aromatic heterocycles. The van der Waals surface area contributed by atoms with Crippen LogP contribution >= 0.6 is 0 Å². The molecule has 0 spiro atoms. The highest BCUT2D eigenvalue weighted by Gasteiger charge is 2.29. The topological polar surface area (TPSA) is 42.5 Å². The second-order valence-electron chi connectivity index (χ2n) is 4.19. The van der Waals surface area contributed by atoms with Gasteiger partial charge >= 0.3 is 0 Å². The Morgan fingerprint density at radius 2 is 1.00 bits per heavy atom. The molecule has 0 amide bonds. The number of hydrogen-bond donors (Lipinski definition) is 2. The summed E-state index contributed by atoms with van der Waals surface area (Å²) >= 11 is 0. The molecule has 1 aromatic rings. The van der Waals surface area contributed by atoms with Crippen molar-refractivity contribution >= 4 is 0 Å². The third-order valence-electron chi connectivity index (χ3n) is 3.44. The third-order valence-corrected chi connectivity index (χ3v) is 3.44. The van der Waals surface area contributed by atoms with Crippen LogP contribution in [0.3, 0.4) is 0 Å². The number of rotatable bonds is 2. The van der Waals surface area contributed by atoms with E-state index in [9.17, 15) is 0 Å². The van der Waals surface area contributed by atoms with E-state index in [0.29, 0.717) is 0 Å². The summed E-state index contributed by atoms with van der Waals surface area (Å²) in [4.78, 5) is 0. The highest BCUT2D eigenvalue weighted by Crippen LogP contribution is 2.42. The lowest BCUT2D eigenvalue weighted by molar-refractivity contribution is 0.392. The molecular weight excluding hydrogens is 204 g/mol. The van der Waals surface area contributed by atoms with Gasteiger partial charge in [0.2, 0.25) is 0 Å². The van der Waals surface area contributed by atoms with Gasteiger partial charge in [0, 0.05) is 48.4 Å². The first-order chi connectivity index (χ1) is 7.86.